The van der Waals surface area contributed by atoms with Gasteiger partial charge in [-0.2, -0.15) is 5.26 Å². The minimum absolute atomic E-state index is 0.116. The highest BCUT2D eigenvalue weighted by molar-refractivity contribution is 5.83. The Hall–Kier alpha value is -2.58. The zero-order chi connectivity index (χ0) is 16.8. The van der Waals surface area contributed by atoms with E-state index >= 15 is 0 Å². The summed E-state index contributed by atoms with van der Waals surface area (Å²) in [5.41, 5.74) is 12.6. The summed E-state index contributed by atoms with van der Waals surface area (Å²) >= 11 is 0. The van der Waals surface area contributed by atoms with Gasteiger partial charge in [0.05, 0.1) is 25.5 Å². The van der Waals surface area contributed by atoms with Crippen LogP contribution in [0.15, 0.2) is 12.1 Å². The molecule has 2 aliphatic rings. The first-order chi connectivity index (χ1) is 11.6. The van der Waals surface area contributed by atoms with Gasteiger partial charge in [0.25, 0.3) is 0 Å². The van der Waals surface area contributed by atoms with Crippen molar-refractivity contribution in [3.63, 3.8) is 0 Å². The number of fused-ring (bicyclic) bond motifs is 2. The Morgan fingerprint density at radius 1 is 1.33 bits per heavy atom. The summed E-state index contributed by atoms with van der Waals surface area (Å²) in [6.07, 6.45) is 3.18. The molecule has 0 radical (unpaired) electrons. The van der Waals surface area contributed by atoms with Crippen LogP contribution >= 0.6 is 0 Å². The minimum Gasteiger partial charge on any atom is -0.496 e. The van der Waals surface area contributed by atoms with Gasteiger partial charge in [0, 0.05) is 16.7 Å². The standard InChI is InChI=1S/C19H19N3O2/c1-10-18-15(9-24-10)17(14(8-20)19(21)22-18)13-6-11-4-3-5-12(11)7-16(13)23-2/h6-7,10H,3-5,9H2,1-2H3,(H2,21,22)/t10-/m0/s1. The Balaban J connectivity index is 2.04. The lowest BCUT2D eigenvalue weighted by atomic mass is 9.91. The van der Waals surface area contributed by atoms with Gasteiger partial charge in [-0.15, -0.1) is 0 Å². The SMILES string of the molecule is COc1cc2c(cc1-c1c(C#N)c(N)nc3c1CO[C@H]3C)CCC2. The Labute approximate surface area is 141 Å². The number of nitrogens with zero attached hydrogens (tertiary/aromatic N) is 2. The summed E-state index contributed by atoms with van der Waals surface area (Å²) in [6.45, 7) is 2.39. The number of ether oxygens (including phenoxy) is 2. The molecule has 2 aromatic rings. The molecule has 0 fully saturated rings. The van der Waals surface area contributed by atoms with Crippen molar-refractivity contribution in [1.29, 1.82) is 5.26 Å². The molecule has 1 aliphatic heterocycles. The van der Waals surface area contributed by atoms with Crippen LogP contribution in [-0.4, -0.2) is 12.1 Å². The van der Waals surface area contributed by atoms with E-state index in [4.69, 9.17) is 15.2 Å². The average Bonchev–Trinajstić information content (AvgIpc) is 3.19. The minimum atomic E-state index is -0.116. The van der Waals surface area contributed by atoms with Crippen LogP contribution in [0.2, 0.25) is 0 Å². The molecule has 1 aromatic heterocycles. The van der Waals surface area contributed by atoms with Crippen LogP contribution in [0.1, 0.15) is 47.4 Å². The number of nitrogen functional groups attached to an aromatic ring is 1. The number of methoxy groups -OCH3 is 1. The van der Waals surface area contributed by atoms with Crippen molar-refractivity contribution in [1.82, 2.24) is 4.98 Å². The van der Waals surface area contributed by atoms with E-state index in [1.54, 1.807) is 7.11 Å². The van der Waals surface area contributed by atoms with Gasteiger partial charge in [-0.3, -0.25) is 0 Å². The molecule has 0 spiro atoms. The van der Waals surface area contributed by atoms with E-state index in [1.807, 2.05) is 6.92 Å². The van der Waals surface area contributed by atoms with Gasteiger partial charge in [-0.05, 0) is 49.4 Å². The van der Waals surface area contributed by atoms with Gasteiger partial charge in [0.15, 0.2) is 0 Å². The number of hydrogen-bond donors (Lipinski definition) is 1. The van der Waals surface area contributed by atoms with Crippen LogP contribution in [0.5, 0.6) is 5.75 Å². The van der Waals surface area contributed by atoms with Crippen LogP contribution in [0.4, 0.5) is 5.82 Å². The highest BCUT2D eigenvalue weighted by atomic mass is 16.5. The molecule has 0 bridgehead atoms. The lowest BCUT2D eigenvalue weighted by Crippen LogP contribution is -2.05. The van der Waals surface area contributed by atoms with Gasteiger partial charge in [0.2, 0.25) is 0 Å². The Morgan fingerprint density at radius 3 is 2.79 bits per heavy atom. The summed E-state index contributed by atoms with van der Waals surface area (Å²) in [4.78, 5) is 4.41. The zero-order valence-electron chi connectivity index (χ0n) is 13.8. The predicted octanol–water partition coefficient (Wildman–Crippen LogP) is 3.29. The fourth-order valence-corrected chi connectivity index (χ4v) is 3.81. The van der Waals surface area contributed by atoms with Crippen molar-refractivity contribution >= 4 is 5.82 Å². The molecule has 1 aliphatic carbocycles. The third-order valence-corrected chi connectivity index (χ3v) is 5.02. The lowest BCUT2D eigenvalue weighted by Gasteiger charge is -2.17. The van der Waals surface area contributed by atoms with Crippen molar-refractivity contribution in [3.05, 3.63) is 40.1 Å². The highest BCUT2D eigenvalue weighted by Crippen LogP contribution is 2.44. The van der Waals surface area contributed by atoms with E-state index in [-0.39, 0.29) is 11.9 Å². The second-order valence-corrected chi connectivity index (χ2v) is 6.35. The molecule has 0 saturated carbocycles. The summed E-state index contributed by atoms with van der Waals surface area (Å²) < 4.78 is 11.4. The summed E-state index contributed by atoms with van der Waals surface area (Å²) in [6, 6.07) is 6.48. The monoisotopic (exact) mass is 321 g/mol. The van der Waals surface area contributed by atoms with Gasteiger partial charge in [-0.1, -0.05) is 0 Å². The molecule has 4 rings (SSSR count). The Kier molecular flexibility index (Phi) is 3.43. The maximum atomic E-state index is 9.66. The van der Waals surface area contributed by atoms with E-state index in [1.165, 1.54) is 11.1 Å². The number of aryl methyl sites for hydroxylation is 2. The highest BCUT2D eigenvalue weighted by Gasteiger charge is 2.30. The first-order valence-corrected chi connectivity index (χ1v) is 8.18. The largest absolute Gasteiger partial charge is 0.496 e. The number of anilines is 1. The molecular weight excluding hydrogens is 302 g/mol. The van der Waals surface area contributed by atoms with Crippen molar-refractivity contribution < 1.29 is 9.47 Å². The fraction of sp³-hybridized carbons (Fsp3) is 0.368. The summed E-state index contributed by atoms with van der Waals surface area (Å²) in [5, 5.41) is 9.66. The first kappa shape index (κ1) is 15.0. The fourth-order valence-electron chi connectivity index (χ4n) is 3.81. The van der Waals surface area contributed by atoms with Crippen molar-refractivity contribution in [2.24, 2.45) is 0 Å². The van der Waals surface area contributed by atoms with Gasteiger partial charge in [0.1, 0.15) is 23.2 Å². The zero-order valence-corrected chi connectivity index (χ0v) is 13.8. The number of nitrogens with two attached hydrogens (primary N) is 1. The van der Waals surface area contributed by atoms with Crippen LogP contribution in [-0.2, 0) is 24.2 Å². The van der Waals surface area contributed by atoms with Crippen LogP contribution < -0.4 is 10.5 Å². The van der Waals surface area contributed by atoms with Crippen molar-refractivity contribution in [2.45, 2.75) is 38.9 Å². The molecule has 2 N–H and O–H groups in total. The van der Waals surface area contributed by atoms with E-state index in [0.717, 1.165) is 47.4 Å². The lowest BCUT2D eigenvalue weighted by molar-refractivity contribution is 0.0780. The molecule has 1 atom stereocenters. The number of nitriles is 1. The maximum absolute atomic E-state index is 9.66. The predicted molar refractivity (Wildman–Crippen MR) is 90.6 cm³/mol. The van der Waals surface area contributed by atoms with E-state index < -0.39 is 0 Å². The van der Waals surface area contributed by atoms with E-state index in [9.17, 15) is 5.26 Å². The Bertz CT molecular complexity index is 883. The number of benzene rings is 1. The molecule has 0 unspecified atom stereocenters. The van der Waals surface area contributed by atoms with E-state index in [0.29, 0.717) is 12.2 Å². The smallest absolute Gasteiger partial charge is 0.142 e. The second kappa shape index (κ2) is 5.50. The molecule has 0 saturated heterocycles. The number of rotatable bonds is 2. The Morgan fingerprint density at radius 2 is 2.08 bits per heavy atom. The van der Waals surface area contributed by atoms with Crippen molar-refractivity contribution in [3.8, 4) is 22.9 Å². The van der Waals surface area contributed by atoms with Gasteiger partial charge < -0.3 is 15.2 Å². The third-order valence-electron chi connectivity index (χ3n) is 5.02. The molecule has 5 nitrogen and oxygen atoms in total. The van der Waals surface area contributed by atoms with Gasteiger partial charge >= 0.3 is 0 Å². The topological polar surface area (TPSA) is 81.2 Å². The van der Waals surface area contributed by atoms with Crippen LogP contribution in [0.3, 0.4) is 0 Å². The molecule has 2 heterocycles. The van der Waals surface area contributed by atoms with E-state index in [2.05, 4.69) is 23.2 Å². The quantitative estimate of drug-likeness (QED) is 0.918. The summed E-state index contributed by atoms with van der Waals surface area (Å²) in [7, 11) is 1.66. The van der Waals surface area contributed by atoms with Crippen molar-refractivity contribution in [2.75, 3.05) is 12.8 Å². The first-order valence-electron chi connectivity index (χ1n) is 8.18. The number of pyridine rings is 1. The maximum Gasteiger partial charge on any atom is 0.142 e. The van der Waals surface area contributed by atoms with Crippen LogP contribution in [0.25, 0.3) is 11.1 Å². The van der Waals surface area contributed by atoms with Crippen LogP contribution in [0, 0.1) is 11.3 Å². The normalized spacial score (nSPS) is 18.1. The molecular formula is C19H19N3O2. The molecule has 122 valence electrons. The molecule has 0 amide bonds. The third kappa shape index (κ3) is 2.07. The number of hydrogen-bond acceptors (Lipinski definition) is 5. The second-order valence-electron chi connectivity index (χ2n) is 6.35. The molecule has 5 heteroatoms. The molecule has 24 heavy (non-hydrogen) atoms. The molecule has 1 aromatic carbocycles. The summed E-state index contributed by atoms with van der Waals surface area (Å²) in [5.74, 6) is 1.03. The van der Waals surface area contributed by atoms with Gasteiger partial charge in [-0.25, -0.2) is 4.98 Å². The number of aromatic nitrogens is 1. The average molecular weight is 321 g/mol.